The molecule has 7 heteroatoms. The molecule has 0 radical (unpaired) electrons. The molecule has 21 heavy (non-hydrogen) atoms. The molecular weight excluding hydrogens is 290 g/mol. The van der Waals surface area contributed by atoms with Crippen LogP contribution in [0.5, 0.6) is 0 Å². The van der Waals surface area contributed by atoms with Gasteiger partial charge in [-0.25, -0.2) is 14.6 Å². The van der Waals surface area contributed by atoms with E-state index in [4.69, 9.17) is 5.11 Å². The average molecular weight is 311 g/mol. The third-order valence-corrected chi connectivity index (χ3v) is 4.90. The van der Waals surface area contributed by atoms with Crippen molar-refractivity contribution in [2.45, 2.75) is 52.0 Å². The van der Waals surface area contributed by atoms with Crippen molar-refractivity contribution >= 4 is 28.5 Å². The van der Waals surface area contributed by atoms with Gasteiger partial charge < -0.3 is 10.4 Å². The number of nitrogens with one attached hydrogen (secondary N) is 2. The number of hydrogen-bond acceptors (Lipinski definition) is 4. The fraction of sp³-hybridized carbons (Fsp3) is 0.643. The zero-order valence-corrected chi connectivity index (χ0v) is 13.1. The predicted molar refractivity (Wildman–Crippen MR) is 81.8 cm³/mol. The van der Waals surface area contributed by atoms with Crippen LogP contribution >= 0.6 is 11.3 Å². The topological polar surface area (TPSA) is 91.3 Å². The monoisotopic (exact) mass is 311 g/mol. The third kappa shape index (κ3) is 3.93. The number of aliphatic carboxylic acids is 1. The Labute approximate surface area is 128 Å². The second kappa shape index (κ2) is 6.89. The first-order valence-corrected chi connectivity index (χ1v) is 8.11. The molecular formula is C14H21N3O3S. The van der Waals surface area contributed by atoms with E-state index in [1.165, 1.54) is 16.2 Å². The van der Waals surface area contributed by atoms with E-state index in [1.807, 2.05) is 6.92 Å². The number of amides is 2. The van der Waals surface area contributed by atoms with E-state index < -0.39 is 18.0 Å². The van der Waals surface area contributed by atoms with Gasteiger partial charge in [-0.1, -0.05) is 20.3 Å². The lowest BCUT2D eigenvalue weighted by atomic mass is 10.00. The minimum absolute atomic E-state index is 0.127. The Kier molecular flexibility index (Phi) is 5.17. The fourth-order valence-electron chi connectivity index (χ4n) is 2.36. The van der Waals surface area contributed by atoms with Crippen LogP contribution in [0.25, 0.3) is 0 Å². The summed E-state index contributed by atoms with van der Waals surface area (Å²) in [5.74, 6) is -1.14. The molecule has 0 bridgehead atoms. The van der Waals surface area contributed by atoms with Crippen molar-refractivity contribution in [3.63, 3.8) is 0 Å². The summed E-state index contributed by atoms with van der Waals surface area (Å²) in [6.45, 7) is 3.70. The highest BCUT2D eigenvalue weighted by Crippen LogP contribution is 2.29. The average Bonchev–Trinajstić information content (AvgIpc) is 2.85. The number of aryl methyl sites for hydroxylation is 2. The molecule has 1 aromatic rings. The van der Waals surface area contributed by atoms with Crippen molar-refractivity contribution in [3.05, 3.63) is 10.6 Å². The number of carbonyl (C=O) groups excluding carboxylic acids is 1. The second-order valence-electron chi connectivity index (χ2n) is 5.40. The summed E-state index contributed by atoms with van der Waals surface area (Å²) in [5, 5.41) is 14.9. The molecule has 2 rings (SSSR count). The van der Waals surface area contributed by atoms with E-state index in [1.54, 1.807) is 6.92 Å². The highest BCUT2D eigenvalue weighted by molar-refractivity contribution is 7.15. The summed E-state index contributed by atoms with van der Waals surface area (Å²) in [6, 6.07) is -1.39. The van der Waals surface area contributed by atoms with Crippen LogP contribution in [0.3, 0.4) is 0 Å². The highest BCUT2D eigenvalue weighted by atomic mass is 32.1. The Morgan fingerprint density at radius 1 is 1.38 bits per heavy atom. The number of carboxylic acid groups (broad SMARTS) is 1. The van der Waals surface area contributed by atoms with Gasteiger partial charge in [-0.05, 0) is 31.6 Å². The Hall–Kier alpha value is -1.63. The zero-order chi connectivity index (χ0) is 15.4. The van der Waals surface area contributed by atoms with Gasteiger partial charge in [0.15, 0.2) is 5.13 Å². The first-order valence-electron chi connectivity index (χ1n) is 7.30. The second-order valence-corrected chi connectivity index (χ2v) is 6.48. The summed E-state index contributed by atoms with van der Waals surface area (Å²) in [4.78, 5) is 28.8. The molecule has 2 atom stereocenters. The van der Waals surface area contributed by atoms with Crippen LogP contribution in [-0.4, -0.2) is 28.1 Å². The molecule has 0 fully saturated rings. The smallest absolute Gasteiger partial charge is 0.326 e. The maximum Gasteiger partial charge on any atom is 0.326 e. The number of fused-ring (bicyclic) bond motifs is 1. The minimum Gasteiger partial charge on any atom is -0.480 e. The van der Waals surface area contributed by atoms with Gasteiger partial charge in [0.2, 0.25) is 0 Å². The summed E-state index contributed by atoms with van der Waals surface area (Å²) < 4.78 is 0. The Balaban J connectivity index is 1.97. The van der Waals surface area contributed by atoms with Gasteiger partial charge in [-0.3, -0.25) is 5.32 Å². The van der Waals surface area contributed by atoms with Crippen LogP contribution in [-0.2, 0) is 17.6 Å². The summed E-state index contributed by atoms with van der Waals surface area (Å²) in [5.41, 5.74) is 1.07. The molecule has 0 aromatic carbocycles. The quantitative estimate of drug-likeness (QED) is 0.779. The SMILES string of the molecule is CC[C@H](C)[C@H](NC(=O)Nc1nc2c(s1)CCCC2)C(=O)O. The summed E-state index contributed by atoms with van der Waals surface area (Å²) in [7, 11) is 0. The Morgan fingerprint density at radius 2 is 2.10 bits per heavy atom. The van der Waals surface area contributed by atoms with Crippen molar-refractivity contribution < 1.29 is 14.7 Å². The van der Waals surface area contributed by atoms with Crippen molar-refractivity contribution in [2.24, 2.45) is 5.92 Å². The molecule has 116 valence electrons. The number of carbonyl (C=O) groups is 2. The van der Waals surface area contributed by atoms with Gasteiger partial charge in [-0.15, -0.1) is 11.3 Å². The maximum atomic E-state index is 11.9. The van der Waals surface area contributed by atoms with Crippen LogP contribution in [0, 0.1) is 5.92 Å². The first-order chi connectivity index (χ1) is 10.0. The molecule has 0 saturated heterocycles. The molecule has 1 aliphatic carbocycles. The minimum atomic E-state index is -1.02. The molecule has 2 amide bonds. The van der Waals surface area contributed by atoms with Gasteiger partial charge in [0.1, 0.15) is 6.04 Å². The van der Waals surface area contributed by atoms with Crippen molar-refractivity contribution in [2.75, 3.05) is 5.32 Å². The lowest BCUT2D eigenvalue weighted by Gasteiger charge is -2.19. The lowest BCUT2D eigenvalue weighted by Crippen LogP contribution is -2.46. The number of aromatic nitrogens is 1. The fourth-order valence-corrected chi connectivity index (χ4v) is 3.41. The van der Waals surface area contributed by atoms with Crippen LogP contribution in [0.4, 0.5) is 9.93 Å². The molecule has 0 unspecified atom stereocenters. The van der Waals surface area contributed by atoms with E-state index in [9.17, 15) is 9.59 Å². The maximum absolute atomic E-state index is 11.9. The van der Waals surface area contributed by atoms with Crippen molar-refractivity contribution in [3.8, 4) is 0 Å². The standard InChI is InChI=1S/C14H21N3O3S/c1-3-8(2)11(12(18)19)16-13(20)17-14-15-9-6-4-5-7-10(9)21-14/h8,11H,3-7H2,1-2H3,(H,18,19)(H2,15,16,17,20)/t8-,11-/m0/s1. The molecule has 1 aliphatic rings. The normalized spacial score (nSPS) is 16.7. The number of rotatable bonds is 5. The number of anilines is 1. The lowest BCUT2D eigenvalue weighted by molar-refractivity contribution is -0.140. The van der Waals surface area contributed by atoms with Crippen LogP contribution < -0.4 is 10.6 Å². The van der Waals surface area contributed by atoms with Crippen LogP contribution in [0.1, 0.15) is 43.7 Å². The third-order valence-electron chi connectivity index (χ3n) is 3.83. The van der Waals surface area contributed by atoms with Crippen LogP contribution in [0.15, 0.2) is 0 Å². The number of thiazole rings is 1. The van der Waals surface area contributed by atoms with Crippen molar-refractivity contribution in [1.82, 2.24) is 10.3 Å². The van der Waals surface area contributed by atoms with Gasteiger partial charge in [-0.2, -0.15) is 0 Å². The van der Waals surface area contributed by atoms with E-state index in [0.717, 1.165) is 31.4 Å². The van der Waals surface area contributed by atoms with Crippen LogP contribution in [0.2, 0.25) is 0 Å². The highest BCUT2D eigenvalue weighted by Gasteiger charge is 2.26. The number of urea groups is 1. The first kappa shape index (κ1) is 15.8. The van der Waals surface area contributed by atoms with Gasteiger partial charge in [0, 0.05) is 4.88 Å². The van der Waals surface area contributed by atoms with Gasteiger partial charge in [0.25, 0.3) is 0 Å². The predicted octanol–water partition coefficient (Wildman–Crippen LogP) is 2.64. The molecule has 1 heterocycles. The van der Waals surface area contributed by atoms with E-state index in [0.29, 0.717) is 11.6 Å². The molecule has 0 spiro atoms. The van der Waals surface area contributed by atoms with E-state index >= 15 is 0 Å². The molecule has 0 saturated carbocycles. The molecule has 1 aromatic heterocycles. The number of nitrogens with zero attached hydrogens (tertiary/aromatic N) is 1. The largest absolute Gasteiger partial charge is 0.480 e. The Bertz CT molecular complexity index is 506. The molecule has 3 N–H and O–H groups in total. The zero-order valence-electron chi connectivity index (χ0n) is 12.3. The summed E-state index contributed by atoms with van der Waals surface area (Å²) >= 11 is 1.48. The Morgan fingerprint density at radius 3 is 2.71 bits per heavy atom. The molecule has 0 aliphatic heterocycles. The van der Waals surface area contributed by atoms with E-state index in [2.05, 4.69) is 15.6 Å². The van der Waals surface area contributed by atoms with Crippen molar-refractivity contribution in [1.29, 1.82) is 0 Å². The number of carboxylic acids is 1. The van der Waals surface area contributed by atoms with E-state index in [-0.39, 0.29) is 5.92 Å². The van der Waals surface area contributed by atoms with Gasteiger partial charge >= 0.3 is 12.0 Å². The number of hydrogen-bond donors (Lipinski definition) is 3. The van der Waals surface area contributed by atoms with Gasteiger partial charge in [0.05, 0.1) is 5.69 Å². The summed E-state index contributed by atoms with van der Waals surface area (Å²) in [6.07, 6.45) is 4.96. The molecule has 6 nitrogen and oxygen atoms in total.